The molecule has 17 heavy (non-hydrogen) atoms. The molecule has 0 bridgehead atoms. The Bertz CT molecular complexity index is 443. The van der Waals surface area contributed by atoms with Gasteiger partial charge >= 0.3 is 5.97 Å². The molecule has 1 aliphatic rings. The Labute approximate surface area is 99.6 Å². The minimum Gasteiger partial charge on any atom is -0.480 e. The molecule has 2 rings (SSSR count). The zero-order valence-electron chi connectivity index (χ0n) is 9.44. The van der Waals surface area contributed by atoms with Gasteiger partial charge in [0.05, 0.1) is 0 Å². The van der Waals surface area contributed by atoms with E-state index in [9.17, 15) is 4.79 Å². The van der Waals surface area contributed by atoms with Crippen molar-refractivity contribution in [2.75, 3.05) is 25.0 Å². The van der Waals surface area contributed by atoms with Crippen molar-refractivity contribution in [1.29, 1.82) is 0 Å². The standard InChI is InChI=1S/C12H15N3O2/c16-11(17)8-15-10-5-2-1-4-9(10)12-13-6-3-7-14-12/h1-2,4-5,15H,3,6-8H2,(H,13,14)(H,16,17). The van der Waals surface area contributed by atoms with Crippen LogP contribution in [0.4, 0.5) is 5.69 Å². The van der Waals surface area contributed by atoms with Gasteiger partial charge in [-0.15, -0.1) is 0 Å². The highest BCUT2D eigenvalue weighted by Crippen LogP contribution is 2.16. The molecule has 0 amide bonds. The number of amidine groups is 1. The number of carboxylic acid groups (broad SMARTS) is 1. The zero-order valence-corrected chi connectivity index (χ0v) is 9.44. The lowest BCUT2D eigenvalue weighted by Gasteiger charge is -2.17. The normalized spacial score (nSPS) is 14.7. The van der Waals surface area contributed by atoms with Crippen molar-refractivity contribution < 1.29 is 9.90 Å². The fourth-order valence-corrected chi connectivity index (χ4v) is 1.73. The van der Waals surface area contributed by atoms with Crippen LogP contribution in [0.3, 0.4) is 0 Å². The molecular weight excluding hydrogens is 218 g/mol. The molecule has 0 fully saturated rings. The molecule has 90 valence electrons. The average molecular weight is 233 g/mol. The molecule has 0 aliphatic carbocycles. The van der Waals surface area contributed by atoms with Gasteiger partial charge < -0.3 is 15.7 Å². The summed E-state index contributed by atoms with van der Waals surface area (Å²) in [6.07, 6.45) is 1.04. The molecule has 5 heteroatoms. The lowest BCUT2D eigenvalue weighted by Crippen LogP contribution is -2.31. The number of rotatable bonds is 4. The van der Waals surface area contributed by atoms with E-state index in [1.54, 1.807) is 0 Å². The van der Waals surface area contributed by atoms with Gasteiger partial charge in [0.25, 0.3) is 0 Å². The van der Waals surface area contributed by atoms with E-state index in [2.05, 4.69) is 15.6 Å². The highest BCUT2D eigenvalue weighted by Gasteiger charge is 2.11. The van der Waals surface area contributed by atoms with E-state index in [1.807, 2.05) is 24.3 Å². The van der Waals surface area contributed by atoms with Crippen LogP contribution >= 0.6 is 0 Å². The molecule has 0 aromatic heterocycles. The summed E-state index contributed by atoms with van der Waals surface area (Å²) in [6.45, 7) is 1.63. The van der Waals surface area contributed by atoms with E-state index >= 15 is 0 Å². The van der Waals surface area contributed by atoms with Crippen LogP contribution in [0.1, 0.15) is 12.0 Å². The Morgan fingerprint density at radius 1 is 1.47 bits per heavy atom. The van der Waals surface area contributed by atoms with Crippen molar-refractivity contribution in [3.8, 4) is 0 Å². The van der Waals surface area contributed by atoms with Crippen LogP contribution in [0, 0.1) is 0 Å². The summed E-state index contributed by atoms with van der Waals surface area (Å²) < 4.78 is 0. The van der Waals surface area contributed by atoms with E-state index in [1.165, 1.54) is 0 Å². The molecule has 1 heterocycles. The molecule has 0 saturated carbocycles. The zero-order chi connectivity index (χ0) is 12.1. The maximum Gasteiger partial charge on any atom is 0.322 e. The number of aliphatic imine (C=N–C) groups is 1. The number of hydrogen-bond acceptors (Lipinski definition) is 4. The summed E-state index contributed by atoms with van der Waals surface area (Å²) in [4.78, 5) is 15.0. The maximum atomic E-state index is 10.6. The number of aliphatic carboxylic acids is 1. The van der Waals surface area contributed by atoms with Crippen molar-refractivity contribution in [3.63, 3.8) is 0 Å². The van der Waals surface area contributed by atoms with Crippen molar-refractivity contribution >= 4 is 17.5 Å². The van der Waals surface area contributed by atoms with E-state index in [0.717, 1.165) is 36.6 Å². The van der Waals surface area contributed by atoms with Crippen LogP contribution in [0.15, 0.2) is 29.3 Å². The Morgan fingerprint density at radius 2 is 2.29 bits per heavy atom. The van der Waals surface area contributed by atoms with Crippen LogP contribution in [0.25, 0.3) is 0 Å². The number of carboxylic acids is 1. The predicted octanol–water partition coefficient (Wildman–Crippen LogP) is 0.923. The summed E-state index contributed by atoms with van der Waals surface area (Å²) in [5.74, 6) is -0.0388. The Hall–Kier alpha value is -2.04. The molecule has 0 radical (unpaired) electrons. The summed E-state index contributed by atoms with van der Waals surface area (Å²) in [5.41, 5.74) is 1.72. The Kier molecular flexibility index (Phi) is 3.59. The monoisotopic (exact) mass is 233 g/mol. The lowest BCUT2D eigenvalue weighted by molar-refractivity contribution is -0.134. The molecule has 1 aromatic carbocycles. The Balaban J connectivity index is 2.20. The average Bonchev–Trinajstić information content (AvgIpc) is 2.38. The number of para-hydroxylation sites is 1. The molecule has 1 aromatic rings. The topological polar surface area (TPSA) is 73.7 Å². The molecule has 1 aliphatic heterocycles. The molecule has 5 nitrogen and oxygen atoms in total. The molecule has 0 unspecified atom stereocenters. The predicted molar refractivity (Wildman–Crippen MR) is 66.6 cm³/mol. The largest absolute Gasteiger partial charge is 0.480 e. The second kappa shape index (κ2) is 5.34. The second-order valence-electron chi connectivity index (χ2n) is 3.80. The first-order valence-electron chi connectivity index (χ1n) is 5.61. The third kappa shape index (κ3) is 2.96. The van der Waals surface area contributed by atoms with Gasteiger partial charge in [0.15, 0.2) is 0 Å². The number of hydrogen-bond donors (Lipinski definition) is 3. The van der Waals surface area contributed by atoms with Gasteiger partial charge in [-0.1, -0.05) is 12.1 Å². The minimum absolute atomic E-state index is 0.0930. The number of nitrogens with zero attached hydrogens (tertiary/aromatic N) is 1. The smallest absolute Gasteiger partial charge is 0.322 e. The number of benzene rings is 1. The van der Waals surface area contributed by atoms with Crippen LogP contribution < -0.4 is 10.6 Å². The van der Waals surface area contributed by atoms with Crippen LogP contribution in [-0.4, -0.2) is 36.5 Å². The minimum atomic E-state index is -0.877. The molecule has 3 N–H and O–H groups in total. The second-order valence-corrected chi connectivity index (χ2v) is 3.80. The van der Waals surface area contributed by atoms with Gasteiger partial charge in [0.2, 0.25) is 0 Å². The van der Waals surface area contributed by atoms with E-state index in [0.29, 0.717) is 0 Å². The SMILES string of the molecule is O=C(O)CNc1ccccc1C1=NCCCN1. The molecular formula is C12H15N3O2. The highest BCUT2D eigenvalue weighted by atomic mass is 16.4. The maximum absolute atomic E-state index is 10.6. The fourth-order valence-electron chi connectivity index (χ4n) is 1.73. The van der Waals surface area contributed by atoms with Crippen molar-refractivity contribution in [1.82, 2.24) is 5.32 Å². The molecule has 0 spiro atoms. The van der Waals surface area contributed by atoms with Crippen molar-refractivity contribution in [2.24, 2.45) is 4.99 Å². The third-order valence-electron chi connectivity index (χ3n) is 2.51. The van der Waals surface area contributed by atoms with Gasteiger partial charge in [-0.2, -0.15) is 0 Å². The summed E-state index contributed by atoms with van der Waals surface area (Å²) in [6, 6.07) is 7.58. The quantitative estimate of drug-likeness (QED) is 0.723. The van der Waals surface area contributed by atoms with Gasteiger partial charge in [0, 0.05) is 24.3 Å². The summed E-state index contributed by atoms with van der Waals surface area (Å²) in [5, 5.41) is 14.8. The lowest BCUT2D eigenvalue weighted by atomic mass is 10.1. The van der Waals surface area contributed by atoms with Crippen LogP contribution in [-0.2, 0) is 4.79 Å². The van der Waals surface area contributed by atoms with Gasteiger partial charge in [-0.25, -0.2) is 0 Å². The fraction of sp³-hybridized carbons (Fsp3) is 0.333. The first-order valence-corrected chi connectivity index (χ1v) is 5.61. The summed E-state index contributed by atoms with van der Waals surface area (Å²) >= 11 is 0. The first kappa shape index (κ1) is 11.4. The van der Waals surface area contributed by atoms with Gasteiger partial charge in [0.1, 0.15) is 12.4 Å². The molecule has 0 saturated heterocycles. The third-order valence-corrected chi connectivity index (χ3v) is 2.51. The number of nitrogens with one attached hydrogen (secondary N) is 2. The molecule has 0 atom stereocenters. The van der Waals surface area contributed by atoms with Gasteiger partial charge in [-0.05, 0) is 18.6 Å². The van der Waals surface area contributed by atoms with E-state index in [-0.39, 0.29) is 6.54 Å². The van der Waals surface area contributed by atoms with Crippen LogP contribution in [0.2, 0.25) is 0 Å². The van der Waals surface area contributed by atoms with Crippen LogP contribution in [0.5, 0.6) is 0 Å². The number of anilines is 1. The first-order chi connectivity index (χ1) is 8.27. The van der Waals surface area contributed by atoms with E-state index in [4.69, 9.17) is 5.11 Å². The van der Waals surface area contributed by atoms with Gasteiger partial charge in [-0.3, -0.25) is 9.79 Å². The Morgan fingerprint density at radius 3 is 3.00 bits per heavy atom. The van der Waals surface area contributed by atoms with Crippen molar-refractivity contribution in [2.45, 2.75) is 6.42 Å². The van der Waals surface area contributed by atoms with Crippen molar-refractivity contribution in [3.05, 3.63) is 29.8 Å². The highest BCUT2D eigenvalue weighted by molar-refractivity contribution is 6.04. The number of carbonyl (C=O) groups is 1. The summed E-state index contributed by atoms with van der Waals surface area (Å²) in [7, 11) is 0. The van der Waals surface area contributed by atoms with E-state index < -0.39 is 5.97 Å².